The molecule has 2 N–H and O–H groups in total. The molecule has 2 unspecified atom stereocenters. The van der Waals surface area contributed by atoms with Crippen LogP contribution in [0.3, 0.4) is 0 Å². The minimum atomic E-state index is -4.44. The first-order valence-electron chi connectivity index (χ1n) is 9.99. The molecule has 0 aliphatic carbocycles. The van der Waals surface area contributed by atoms with Gasteiger partial charge in [0.2, 0.25) is 5.91 Å². The maximum absolute atomic E-state index is 13.7. The van der Waals surface area contributed by atoms with E-state index in [2.05, 4.69) is 0 Å². The average molecular weight is 459 g/mol. The number of aliphatic carboxylic acids is 1. The standard InChI is InChI=1S/C22H22NO8P/c1-13-18-17(14(2)24)21(25)23(18)19(22(26)27)20(13)31-32(28,29-15-9-5-3-6-10-15)30-16-11-7-4-8-12-16/h3-14,17-18,24H,1-2H3,(H,26,27)/t13?,14-,17?,18+/m1/s1. The van der Waals surface area contributed by atoms with Gasteiger partial charge in [0.05, 0.1) is 18.1 Å². The number of β-lactam (4-membered cyclic amide) rings is 1. The number of hydrogen-bond acceptors (Lipinski definition) is 7. The summed E-state index contributed by atoms with van der Waals surface area (Å²) in [5.41, 5.74) is -0.432. The lowest BCUT2D eigenvalue weighted by molar-refractivity contribution is -0.163. The highest BCUT2D eigenvalue weighted by Gasteiger charge is 2.62. The van der Waals surface area contributed by atoms with Crippen LogP contribution in [-0.2, 0) is 18.7 Å². The van der Waals surface area contributed by atoms with E-state index in [-0.39, 0.29) is 17.3 Å². The summed E-state index contributed by atoms with van der Waals surface area (Å²) in [6.07, 6.45) is -0.978. The minimum Gasteiger partial charge on any atom is -0.476 e. The molecule has 0 radical (unpaired) electrons. The molecular weight excluding hydrogens is 437 g/mol. The van der Waals surface area contributed by atoms with E-state index in [4.69, 9.17) is 13.6 Å². The molecule has 1 saturated heterocycles. The zero-order valence-electron chi connectivity index (χ0n) is 17.3. The van der Waals surface area contributed by atoms with E-state index in [0.717, 1.165) is 4.90 Å². The van der Waals surface area contributed by atoms with Crippen LogP contribution in [0.4, 0.5) is 0 Å². The highest BCUT2D eigenvalue weighted by molar-refractivity contribution is 7.49. The summed E-state index contributed by atoms with van der Waals surface area (Å²) in [4.78, 5) is 25.6. The van der Waals surface area contributed by atoms with Crippen LogP contribution in [0.2, 0.25) is 0 Å². The third-order valence-electron chi connectivity index (χ3n) is 5.44. The molecule has 4 atom stereocenters. The van der Waals surface area contributed by atoms with Crippen molar-refractivity contribution >= 4 is 19.7 Å². The van der Waals surface area contributed by atoms with Crippen LogP contribution in [0.5, 0.6) is 11.5 Å². The van der Waals surface area contributed by atoms with Gasteiger partial charge in [-0.15, -0.1) is 0 Å². The molecule has 0 bridgehead atoms. The van der Waals surface area contributed by atoms with Gasteiger partial charge in [-0.25, -0.2) is 4.79 Å². The predicted molar refractivity (Wildman–Crippen MR) is 112 cm³/mol. The molecule has 9 nitrogen and oxygen atoms in total. The maximum atomic E-state index is 13.7. The number of carboxylic acid groups (broad SMARTS) is 1. The predicted octanol–water partition coefficient (Wildman–Crippen LogP) is 3.42. The smallest absolute Gasteiger partial charge is 0.476 e. The monoisotopic (exact) mass is 459 g/mol. The zero-order valence-corrected chi connectivity index (χ0v) is 18.2. The van der Waals surface area contributed by atoms with Crippen molar-refractivity contribution in [1.82, 2.24) is 4.90 Å². The van der Waals surface area contributed by atoms with Gasteiger partial charge in [0.15, 0.2) is 5.70 Å². The van der Waals surface area contributed by atoms with E-state index in [1.54, 1.807) is 67.6 Å². The van der Waals surface area contributed by atoms with Crippen LogP contribution in [0.25, 0.3) is 0 Å². The Morgan fingerprint density at radius 1 is 1.00 bits per heavy atom. The van der Waals surface area contributed by atoms with E-state index >= 15 is 0 Å². The molecule has 32 heavy (non-hydrogen) atoms. The quantitative estimate of drug-likeness (QED) is 0.455. The molecule has 1 amide bonds. The largest absolute Gasteiger partial charge is 0.646 e. The van der Waals surface area contributed by atoms with Gasteiger partial charge in [0, 0.05) is 5.92 Å². The fourth-order valence-electron chi connectivity index (χ4n) is 4.04. The molecule has 1 fully saturated rings. The maximum Gasteiger partial charge on any atom is 0.646 e. The van der Waals surface area contributed by atoms with Gasteiger partial charge in [-0.2, -0.15) is 4.57 Å². The summed E-state index contributed by atoms with van der Waals surface area (Å²) in [6.45, 7) is 3.11. The van der Waals surface area contributed by atoms with Crippen molar-refractivity contribution in [2.24, 2.45) is 11.8 Å². The van der Waals surface area contributed by atoms with E-state index in [1.165, 1.54) is 6.92 Å². The number of nitrogens with zero attached hydrogens (tertiary/aromatic N) is 1. The minimum absolute atomic E-state index is 0.191. The number of amides is 1. The van der Waals surface area contributed by atoms with Gasteiger partial charge in [-0.1, -0.05) is 43.3 Å². The van der Waals surface area contributed by atoms with Crippen molar-refractivity contribution in [3.05, 3.63) is 72.1 Å². The SMILES string of the molecule is CC1C(OP(=O)(Oc2ccccc2)Oc2ccccc2)=C(C(=O)O)N2C(=O)C([C@@H](C)O)[C@H]12. The third-order valence-corrected chi connectivity index (χ3v) is 6.73. The molecule has 2 aliphatic heterocycles. The van der Waals surface area contributed by atoms with Gasteiger partial charge in [-0.3, -0.25) is 9.69 Å². The number of carbonyl (C=O) groups is 2. The number of para-hydroxylation sites is 2. The molecular formula is C22H22NO8P. The number of carboxylic acids is 1. The number of benzene rings is 2. The highest BCUT2D eigenvalue weighted by Crippen LogP contribution is 2.56. The number of fused-ring (bicyclic) bond motifs is 1. The molecule has 2 heterocycles. The lowest BCUT2D eigenvalue weighted by Gasteiger charge is -2.45. The molecule has 4 rings (SSSR count). The van der Waals surface area contributed by atoms with Crippen molar-refractivity contribution in [3.63, 3.8) is 0 Å². The van der Waals surface area contributed by atoms with E-state index in [0.29, 0.717) is 0 Å². The van der Waals surface area contributed by atoms with Gasteiger partial charge < -0.3 is 23.8 Å². The topological polar surface area (TPSA) is 123 Å². The Labute approximate surface area is 184 Å². The summed E-state index contributed by atoms with van der Waals surface area (Å²) in [7, 11) is -4.44. The number of carbonyl (C=O) groups excluding carboxylic acids is 1. The fraction of sp³-hybridized carbons (Fsp3) is 0.273. The molecule has 0 spiro atoms. The van der Waals surface area contributed by atoms with Crippen molar-refractivity contribution in [3.8, 4) is 11.5 Å². The van der Waals surface area contributed by atoms with Gasteiger partial charge in [-0.05, 0) is 31.2 Å². The van der Waals surface area contributed by atoms with Crippen molar-refractivity contribution in [1.29, 1.82) is 0 Å². The van der Waals surface area contributed by atoms with Crippen LogP contribution in [0, 0.1) is 11.8 Å². The summed E-state index contributed by atoms with van der Waals surface area (Å²) in [5, 5.41) is 19.8. The number of aliphatic hydroxyl groups excluding tert-OH is 1. The second-order valence-corrected chi connectivity index (χ2v) is 9.06. The first-order chi connectivity index (χ1) is 15.2. The van der Waals surface area contributed by atoms with Crippen molar-refractivity contribution < 1.29 is 37.9 Å². The van der Waals surface area contributed by atoms with Gasteiger partial charge in [0.25, 0.3) is 0 Å². The lowest BCUT2D eigenvalue weighted by Crippen LogP contribution is -2.63. The Hall–Kier alpha value is -3.29. The number of rotatable bonds is 8. The Kier molecular flexibility index (Phi) is 5.71. The molecule has 10 heteroatoms. The number of hydrogen-bond donors (Lipinski definition) is 2. The third kappa shape index (κ3) is 3.85. The normalized spacial score (nSPS) is 23.3. The number of phosphoric acid groups is 1. The van der Waals surface area contributed by atoms with Crippen LogP contribution in [0.1, 0.15) is 13.8 Å². The highest BCUT2D eigenvalue weighted by atomic mass is 31.2. The molecule has 0 saturated carbocycles. The number of phosphoric ester groups is 1. The van der Waals surface area contributed by atoms with E-state index in [1.807, 2.05) is 0 Å². The fourth-order valence-corrected chi connectivity index (χ4v) is 5.40. The van der Waals surface area contributed by atoms with Crippen LogP contribution >= 0.6 is 7.82 Å². The zero-order chi connectivity index (χ0) is 23.0. The molecule has 2 aliphatic rings. The average Bonchev–Trinajstić information content (AvgIpc) is 2.97. The number of aliphatic hydroxyl groups is 1. The Bertz CT molecular complexity index is 1060. The van der Waals surface area contributed by atoms with Crippen LogP contribution < -0.4 is 9.05 Å². The second kappa shape index (κ2) is 8.33. The summed E-state index contributed by atoms with van der Waals surface area (Å²) in [6, 6.07) is 15.7. The second-order valence-electron chi connectivity index (χ2n) is 7.62. The Balaban J connectivity index is 1.71. The molecule has 2 aromatic rings. The van der Waals surface area contributed by atoms with Gasteiger partial charge >= 0.3 is 13.8 Å². The van der Waals surface area contributed by atoms with Gasteiger partial charge in [0.1, 0.15) is 17.3 Å². The molecule has 0 aromatic heterocycles. The van der Waals surface area contributed by atoms with Crippen LogP contribution in [-0.4, -0.2) is 39.1 Å². The Morgan fingerprint density at radius 3 is 1.94 bits per heavy atom. The first kappa shape index (κ1) is 21.9. The molecule has 2 aromatic carbocycles. The Morgan fingerprint density at radius 2 is 1.50 bits per heavy atom. The van der Waals surface area contributed by atoms with Crippen molar-refractivity contribution in [2.45, 2.75) is 26.0 Å². The summed E-state index contributed by atoms with van der Waals surface area (Å²) < 4.78 is 30.5. The lowest BCUT2D eigenvalue weighted by atomic mass is 9.79. The molecule has 168 valence electrons. The van der Waals surface area contributed by atoms with E-state index in [9.17, 15) is 24.4 Å². The summed E-state index contributed by atoms with van der Waals surface area (Å²) in [5.74, 6) is -3.22. The van der Waals surface area contributed by atoms with Crippen molar-refractivity contribution in [2.75, 3.05) is 0 Å². The van der Waals surface area contributed by atoms with E-state index < -0.39 is 49.4 Å². The summed E-state index contributed by atoms with van der Waals surface area (Å²) >= 11 is 0. The first-order valence-corrected chi connectivity index (χ1v) is 11.5. The van der Waals surface area contributed by atoms with Crippen LogP contribution in [0.15, 0.2) is 72.1 Å².